The van der Waals surface area contributed by atoms with Crippen molar-refractivity contribution in [2.75, 3.05) is 7.11 Å². The first-order valence-corrected chi connectivity index (χ1v) is 6.86. The van der Waals surface area contributed by atoms with Crippen LogP contribution >= 0.6 is 11.6 Å². The number of rotatable bonds is 5. The maximum absolute atomic E-state index is 12.2. The Morgan fingerprint density at radius 2 is 1.95 bits per heavy atom. The fraction of sp³-hybridized carbons (Fsp3) is 0.235. The lowest BCUT2D eigenvalue weighted by Crippen LogP contribution is -2.07. The van der Waals surface area contributed by atoms with Crippen LogP contribution in [-0.2, 0) is 17.6 Å². The average molecular weight is 289 g/mol. The van der Waals surface area contributed by atoms with Crippen LogP contribution in [0.4, 0.5) is 0 Å². The Balaban J connectivity index is 2.10. The van der Waals surface area contributed by atoms with Crippen molar-refractivity contribution in [2.45, 2.75) is 19.8 Å². The van der Waals surface area contributed by atoms with E-state index in [1.807, 2.05) is 31.2 Å². The Labute approximate surface area is 124 Å². The van der Waals surface area contributed by atoms with Gasteiger partial charge in [0.05, 0.1) is 7.11 Å². The molecule has 0 unspecified atom stereocenters. The second-order valence-corrected chi connectivity index (χ2v) is 5.27. The molecule has 0 atom stereocenters. The molecule has 0 aromatic heterocycles. The summed E-state index contributed by atoms with van der Waals surface area (Å²) in [5.74, 6) is 0.850. The quantitative estimate of drug-likeness (QED) is 0.831. The van der Waals surface area contributed by atoms with Crippen molar-refractivity contribution in [1.29, 1.82) is 0 Å². The molecule has 0 saturated carbocycles. The molecule has 2 aromatic rings. The minimum Gasteiger partial charge on any atom is -0.496 e. The van der Waals surface area contributed by atoms with Gasteiger partial charge in [-0.3, -0.25) is 4.79 Å². The Morgan fingerprint density at radius 1 is 1.15 bits per heavy atom. The molecule has 20 heavy (non-hydrogen) atoms. The molecule has 3 heteroatoms. The van der Waals surface area contributed by atoms with Crippen molar-refractivity contribution in [3.63, 3.8) is 0 Å². The van der Waals surface area contributed by atoms with E-state index in [0.29, 0.717) is 23.6 Å². The predicted molar refractivity (Wildman–Crippen MR) is 81.6 cm³/mol. The van der Waals surface area contributed by atoms with Gasteiger partial charge in [0.1, 0.15) is 11.5 Å². The zero-order valence-corrected chi connectivity index (χ0v) is 12.4. The van der Waals surface area contributed by atoms with E-state index in [2.05, 4.69) is 0 Å². The largest absolute Gasteiger partial charge is 0.496 e. The van der Waals surface area contributed by atoms with E-state index in [0.717, 1.165) is 16.7 Å². The topological polar surface area (TPSA) is 26.3 Å². The van der Waals surface area contributed by atoms with Gasteiger partial charge in [0.25, 0.3) is 0 Å². The number of benzene rings is 2. The van der Waals surface area contributed by atoms with E-state index < -0.39 is 0 Å². The van der Waals surface area contributed by atoms with Crippen LogP contribution < -0.4 is 4.74 Å². The van der Waals surface area contributed by atoms with Crippen LogP contribution in [0.25, 0.3) is 0 Å². The smallest absolute Gasteiger partial charge is 0.141 e. The number of carbonyl (C=O) groups excluding carboxylic acids is 1. The third kappa shape index (κ3) is 3.84. The van der Waals surface area contributed by atoms with Gasteiger partial charge in [-0.25, -0.2) is 0 Å². The van der Waals surface area contributed by atoms with Gasteiger partial charge < -0.3 is 4.74 Å². The van der Waals surface area contributed by atoms with E-state index in [4.69, 9.17) is 16.3 Å². The fourth-order valence-electron chi connectivity index (χ4n) is 2.21. The average Bonchev–Trinajstić information content (AvgIpc) is 2.38. The Bertz CT molecular complexity index is 620. The van der Waals surface area contributed by atoms with Crippen LogP contribution in [-0.4, -0.2) is 12.9 Å². The first kappa shape index (κ1) is 14.6. The molecular formula is C17H17ClO2. The van der Waals surface area contributed by atoms with Crippen LogP contribution in [0.2, 0.25) is 5.02 Å². The van der Waals surface area contributed by atoms with Gasteiger partial charge in [0, 0.05) is 23.4 Å². The highest BCUT2D eigenvalue weighted by atomic mass is 35.5. The lowest BCUT2D eigenvalue weighted by atomic mass is 10.0. The van der Waals surface area contributed by atoms with Crippen LogP contribution in [0.5, 0.6) is 5.75 Å². The lowest BCUT2D eigenvalue weighted by molar-refractivity contribution is -0.117. The van der Waals surface area contributed by atoms with Gasteiger partial charge in [-0.15, -0.1) is 0 Å². The van der Waals surface area contributed by atoms with E-state index in [9.17, 15) is 4.79 Å². The summed E-state index contributed by atoms with van der Waals surface area (Å²) >= 11 is 5.97. The van der Waals surface area contributed by atoms with E-state index in [1.165, 1.54) is 0 Å². The van der Waals surface area contributed by atoms with Gasteiger partial charge in [-0.05, 0) is 30.7 Å². The van der Waals surface area contributed by atoms with Crippen LogP contribution in [0, 0.1) is 6.92 Å². The molecule has 0 fully saturated rings. The Morgan fingerprint density at radius 3 is 2.65 bits per heavy atom. The number of ether oxygens (including phenoxy) is 1. The molecule has 0 amide bonds. The number of hydrogen-bond acceptors (Lipinski definition) is 2. The number of carbonyl (C=O) groups is 1. The number of ketones is 1. The third-order valence-corrected chi connectivity index (χ3v) is 3.35. The van der Waals surface area contributed by atoms with Gasteiger partial charge in [0.15, 0.2) is 0 Å². The monoisotopic (exact) mass is 288 g/mol. The van der Waals surface area contributed by atoms with Crippen molar-refractivity contribution in [3.05, 3.63) is 64.2 Å². The summed E-state index contributed by atoms with van der Waals surface area (Å²) in [5, 5.41) is 0.615. The van der Waals surface area contributed by atoms with E-state index in [-0.39, 0.29) is 5.78 Å². The first-order valence-electron chi connectivity index (χ1n) is 6.48. The maximum atomic E-state index is 12.2. The van der Waals surface area contributed by atoms with Crippen LogP contribution in [0.1, 0.15) is 16.7 Å². The zero-order valence-electron chi connectivity index (χ0n) is 11.7. The summed E-state index contributed by atoms with van der Waals surface area (Å²) < 4.78 is 5.26. The van der Waals surface area contributed by atoms with Crippen molar-refractivity contribution in [1.82, 2.24) is 0 Å². The molecule has 2 nitrogen and oxygen atoms in total. The number of methoxy groups -OCH3 is 1. The normalized spacial score (nSPS) is 10.3. The summed E-state index contributed by atoms with van der Waals surface area (Å²) in [5.41, 5.74) is 3.03. The summed E-state index contributed by atoms with van der Waals surface area (Å²) in [6, 6.07) is 13.3. The van der Waals surface area contributed by atoms with Crippen molar-refractivity contribution >= 4 is 17.4 Å². The van der Waals surface area contributed by atoms with E-state index >= 15 is 0 Å². The Hall–Kier alpha value is -1.80. The second kappa shape index (κ2) is 6.58. The maximum Gasteiger partial charge on any atom is 0.141 e. The molecule has 0 heterocycles. The fourth-order valence-corrected chi connectivity index (χ4v) is 2.40. The van der Waals surface area contributed by atoms with Crippen molar-refractivity contribution < 1.29 is 9.53 Å². The lowest BCUT2D eigenvalue weighted by Gasteiger charge is -2.08. The molecule has 0 aliphatic heterocycles. The highest BCUT2D eigenvalue weighted by molar-refractivity contribution is 6.30. The molecule has 0 aliphatic rings. The van der Waals surface area contributed by atoms with Gasteiger partial charge in [-0.1, -0.05) is 41.4 Å². The minimum absolute atomic E-state index is 0.149. The number of hydrogen-bond donors (Lipinski definition) is 0. The number of aryl methyl sites for hydroxylation is 1. The molecule has 0 saturated heterocycles. The number of halogens is 1. The number of Topliss-reactive ketones (excluding diaryl/α,β-unsaturated/α-hetero) is 1. The van der Waals surface area contributed by atoms with Crippen LogP contribution in [0.3, 0.4) is 0 Å². The minimum atomic E-state index is 0.149. The second-order valence-electron chi connectivity index (χ2n) is 4.84. The van der Waals surface area contributed by atoms with Crippen LogP contribution in [0.15, 0.2) is 42.5 Å². The summed E-state index contributed by atoms with van der Waals surface area (Å²) in [4.78, 5) is 12.2. The van der Waals surface area contributed by atoms with Gasteiger partial charge in [0.2, 0.25) is 0 Å². The molecule has 0 N–H and O–H groups in total. The summed E-state index contributed by atoms with van der Waals surface area (Å²) in [7, 11) is 1.60. The summed E-state index contributed by atoms with van der Waals surface area (Å²) in [6.45, 7) is 2.02. The molecule has 0 spiro atoms. The zero-order chi connectivity index (χ0) is 14.5. The Kier molecular flexibility index (Phi) is 4.80. The molecule has 0 aliphatic carbocycles. The van der Waals surface area contributed by atoms with Crippen molar-refractivity contribution in [2.24, 2.45) is 0 Å². The standard InChI is InChI=1S/C17H17ClO2/c1-12-4-3-5-13(8-12)9-16(19)11-14-10-15(18)6-7-17(14)20-2/h3-8,10H,9,11H2,1-2H3. The molecule has 2 rings (SSSR count). The molecule has 104 valence electrons. The highest BCUT2D eigenvalue weighted by Gasteiger charge is 2.10. The predicted octanol–water partition coefficient (Wildman–Crippen LogP) is 4.01. The highest BCUT2D eigenvalue weighted by Crippen LogP contribution is 2.23. The van der Waals surface area contributed by atoms with Gasteiger partial charge in [-0.2, -0.15) is 0 Å². The van der Waals surface area contributed by atoms with Gasteiger partial charge >= 0.3 is 0 Å². The SMILES string of the molecule is COc1ccc(Cl)cc1CC(=O)Cc1cccc(C)c1. The first-order chi connectivity index (χ1) is 9.58. The summed E-state index contributed by atoms with van der Waals surface area (Å²) in [6.07, 6.45) is 0.759. The molecule has 2 aromatic carbocycles. The third-order valence-electron chi connectivity index (χ3n) is 3.11. The van der Waals surface area contributed by atoms with E-state index in [1.54, 1.807) is 25.3 Å². The van der Waals surface area contributed by atoms with Crippen molar-refractivity contribution in [3.8, 4) is 5.75 Å². The molecule has 0 radical (unpaired) electrons. The molecule has 0 bridgehead atoms. The molecular weight excluding hydrogens is 272 g/mol.